The highest BCUT2D eigenvalue weighted by atomic mass is 32.2. The number of likely N-dealkylation sites (tertiary alicyclic amines) is 1. The quantitative estimate of drug-likeness (QED) is 0.638. The van der Waals surface area contributed by atoms with Crippen LogP contribution in [0.15, 0.2) is 53.4 Å². The maximum atomic E-state index is 13.3. The summed E-state index contributed by atoms with van der Waals surface area (Å²) in [5.41, 5.74) is 1.44. The topological polar surface area (TPSA) is 74.8 Å². The molecule has 0 aromatic heterocycles. The van der Waals surface area contributed by atoms with Crippen molar-refractivity contribution < 1.29 is 22.4 Å². The Morgan fingerprint density at radius 1 is 1.00 bits per heavy atom. The molecule has 1 atom stereocenters. The van der Waals surface area contributed by atoms with Crippen LogP contribution in [0, 0.1) is 12.7 Å². The molecule has 1 saturated heterocycles. The van der Waals surface area contributed by atoms with Crippen LogP contribution in [-0.2, 0) is 19.4 Å². The first-order valence-corrected chi connectivity index (χ1v) is 11.9. The molecule has 1 heterocycles. The SMILES string of the molecule is Cc1ccc(N(CC(=O)N2CCCCC2)C(=O)C(C)S(=O)(=O)c2ccc(F)cc2)cc1. The van der Waals surface area contributed by atoms with Crippen LogP contribution in [0.2, 0.25) is 0 Å². The van der Waals surface area contributed by atoms with Gasteiger partial charge in [0.1, 0.15) is 17.6 Å². The Labute approximate surface area is 182 Å². The van der Waals surface area contributed by atoms with Crippen LogP contribution in [0.3, 0.4) is 0 Å². The summed E-state index contributed by atoms with van der Waals surface area (Å²) >= 11 is 0. The molecule has 2 amide bonds. The fourth-order valence-electron chi connectivity index (χ4n) is 3.58. The van der Waals surface area contributed by atoms with E-state index in [9.17, 15) is 22.4 Å². The molecule has 0 saturated carbocycles. The van der Waals surface area contributed by atoms with Gasteiger partial charge < -0.3 is 9.80 Å². The number of benzene rings is 2. The van der Waals surface area contributed by atoms with Crippen LogP contribution >= 0.6 is 0 Å². The molecule has 2 aromatic carbocycles. The minimum absolute atomic E-state index is 0.138. The third-order valence-electron chi connectivity index (χ3n) is 5.57. The summed E-state index contributed by atoms with van der Waals surface area (Å²) in [4.78, 5) is 29.0. The van der Waals surface area contributed by atoms with Crippen molar-refractivity contribution >= 4 is 27.3 Å². The number of rotatable bonds is 6. The zero-order valence-corrected chi connectivity index (χ0v) is 18.6. The van der Waals surface area contributed by atoms with Crippen molar-refractivity contribution in [1.29, 1.82) is 0 Å². The molecule has 0 N–H and O–H groups in total. The molecule has 2 aromatic rings. The van der Waals surface area contributed by atoms with Crippen molar-refractivity contribution in [3.63, 3.8) is 0 Å². The summed E-state index contributed by atoms with van der Waals surface area (Å²) in [6, 6.07) is 11.4. The van der Waals surface area contributed by atoms with Crippen LogP contribution in [0.25, 0.3) is 0 Å². The highest BCUT2D eigenvalue weighted by Gasteiger charge is 2.35. The highest BCUT2D eigenvalue weighted by molar-refractivity contribution is 7.92. The zero-order chi connectivity index (χ0) is 22.6. The number of halogens is 1. The first-order chi connectivity index (χ1) is 14.7. The molecule has 31 heavy (non-hydrogen) atoms. The maximum Gasteiger partial charge on any atom is 0.245 e. The maximum absolute atomic E-state index is 13.3. The van der Waals surface area contributed by atoms with E-state index < -0.39 is 26.8 Å². The van der Waals surface area contributed by atoms with Gasteiger partial charge in [-0.25, -0.2) is 12.8 Å². The standard InChI is InChI=1S/C23H27FN2O4S/c1-17-6-10-20(11-7-17)26(16-22(27)25-14-4-3-5-15-25)23(28)18(2)31(29,30)21-12-8-19(24)9-13-21/h6-13,18H,3-5,14-16H2,1-2H3. The predicted octanol–water partition coefficient (Wildman–Crippen LogP) is 3.34. The van der Waals surface area contributed by atoms with Crippen LogP contribution in [0.4, 0.5) is 10.1 Å². The lowest BCUT2D eigenvalue weighted by molar-refractivity contribution is -0.132. The molecule has 166 valence electrons. The molecule has 3 rings (SSSR count). The lowest BCUT2D eigenvalue weighted by Gasteiger charge is -2.31. The molecule has 1 fully saturated rings. The van der Waals surface area contributed by atoms with Gasteiger partial charge in [0.25, 0.3) is 0 Å². The van der Waals surface area contributed by atoms with E-state index >= 15 is 0 Å². The van der Waals surface area contributed by atoms with Gasteiger partial charge in [-0.05, 0) is 69.5 Å². The molecule has 1 aliphatic rings. The third kappa shape index (κ3) is 5.31. The van der Waals surface area contributed by atoms with Gasteiger partial charge in [0.2, 0.25) is 11.8 Å². The molecular formula is C23H27FN2O4S. The minimum atomic E-state index is -4.06. The van der Waals surface area contributed by atoms with Gasteiger partial charge >= 0.3 is 0 Å². The second-order valence-electron chi connectivity index (χ2n) is 7.84. The fraction of sp³-hybridized carbons (Fsp3) is 0.391. The Hall–Kier alpha value is -2.74. The zero-order valence-electron chi connectivity index (χ0n) is 17.8. The van der Waals surface area contributed by atoms with Crippen LogP contribution in [-0.4, -0.2) is 50.0 Å². The molecule has 0 aliphatic carbocycles. The number of piperidine rings is 1. The largest absolute Gasteiger partial charge is 0.341 e. The summed E-state index contributed by atoms with van der Waals surface area (Å²) in [5, 5.41) is -1.44. The Morgan fingerprint density at radius 3 is 2.16 bits per heavy atom. The van der Waals surface area contributed by atoms with Crippen molar-refractivity contribution in [3.05, 3.63) is 59.9 Å². The first kappa shape index (κ1) is 22.9. The van der Waals surface area contributed by atoms with Gasteiger partial charge in [-0.3, -0.25) is 9.59 Å². The van der Waals surface area contributed by atoms with Crippen molar-refractivity contribution in [3.8, 4) is 0 Å². The number of hydrogen-bond donors (Lipinski definition) is 0. The second kappa shape index (κ2) is 9.60. The number of hydrogen-bond acceptors (Lipinski definition) is 4. The number of carbonyl (C=O) groups is 2. The van der Waals surface area contributed by atoms with Crippen molar-refractivity contribution in [1.82, 2.24) is 4.90 Å². The van der Waals surface area contributed by atoms with Crippen LogP contribution in [0.1, 0.15) is 31.7 Å². The summed E-state index contributed by atoms with van der Waals surface area (Å²) in [7, 11) is -4.06. The van der Waals surface area contributed by atoms with E-state index in [0.717, 1.165) is 49.1 Å². The van der Waals surface area contributed by atoms with Crippen molar-refractivity contribution in [2.24, 2.45) is 0 Å². The molecule has 0 bridgehead atoms. The van der Waals surface area contributed by atoms with Gasteiger partial charge in [0, 0.05) is 18.8 Å². The molecular weight excluding hydrogens is 419 g/mol. The highest BCUT2D eigenvalue weighted by Crippen LogP contribution is 2.23. The average Bonchev–Trinajstić information content (AvgIpc) is 2.78. The average molecular weight is 447 g/mol. The molecule has 0 spiro atoms. The second-order valence-corrected chi connectivity index (χ2v) is 10.1. The molecule has 8 heteroatoms. The van der Waals surface area contributed by atoms with E-state index in [0.29, 0.717) is 18.8 Å². The number of anilines is 1. The lowest BCUT2D eigenvalue weighted by Crippen LogP contribution is -2.48. The summed E-state index contributed by atoms with van der Waals surface area (Å²) in [6.07, 6.45) is 2.90. The van der Waals surface area contributed by atoms with Gasteiger partial charge in [0.05, 0.1) is 4.90 Å². The van der Waals surface area contributed by atoms with E-state index in [1.54, 1.807) is 29.2 Å². The molecule has 0 radical (unpaired) electrons. The lowest BCUT2D eigenvalue weighted by atomic mass is 10.1. The Morgan fingerprint density at radius 2 is 1.58 bits per heavy atom. The van der Waals surface area contributed by atoms with Gasteiger partial charge in [-0.15, -0.1) is 0 Å². The predicted molar refractivity (Wildman–Crippen MR) is 117 cm³/mol. The monoisotopic (exact) mass is 446 g/mol. The van der Waals surface area contributed by atoms with Gasteiger partial charge in [-0.2, -0.15) is 0 Å². The van der Waals surface area contributed by atoms with Crippen LogP contribution in [0.5, 0.6) is 0 Å². The van der Waals surface area contributed by atoms with E-state index in [4.69, 9.17) is 0 Å². The number of amides is 2. The normalized spacial score (nSPS) is 15.4. The van der Waals surface area contributed by atoms with E-state index in [-0.39, 0.29) is 17.3 Å². The molecule has 1 aliphatic heterocycles. The van der Waals surface area contributed by atoms with Crippen molar-refractivity contribution in [2.45, 2.75) is 43.3 Å². The molecule has 6 nitrogen and oxygen atoms in total. The summed E-state index contributed by atoms with van der Waals surface area (Å²) in [6.45, 7) is 4.24. The first-order valence-electron chi connectivity index (χ1n) is 10.4. The number of aryl methyl sites for hydroxylation is 1. The van der Waals surface area contributed by atoms with E-state index in [1.807, 2.05) is 6.92 Å². The minimum Gasteiger partial charge on any atom is -0.341 e. The smallest absolute Gasteiger partial charge is 0.245 e. The Balaban J connectivity index is 1.89. The van der Waals surface area contributed by atoms with E-state index in [1.165, 1.54) is 11.8 Å². The van der Waals surface area contributed by atoms with Gasteiger partial charge in [-0.1, -0.05) is 17.7 Å². The summed E-state index contributed by atoms with van der Waals surface area (Å²) in [5.74, 6) is -1.47. The summed E-state index contributed by atoms with van der Waals surface area (Å²) < 4.78 is 39.2. The number of sulfone groups is 1. The number of nitrogens with zero attached hydrogens (tertiary/aromatic N) is 2. The Bertz CT molecular complexity index is 1030. The molecule has 1 unspecified atom stereocenters. The van der Waals surface area contributed by atoms with Crippen molar-refractivity contribution in [2.75, 3.05) is 24.5 Å². The third-order valence-corrected chi connectivity index (χ3v) is 7.63. The fourth-order valence-corrected chi connectivity index (χ4v) is 4.90. The number of carbonyl (C=O) groups excluding carboxylic acids is 2. The van der Waals surface area contributed by atoms with Gasteiger partial charge in [0.15, 0.2) is 9.84 Å². The Kier molecular flexibility index (Phi) is 7.10. The van der Waals surface area contributed by atoms with Crippen LogP contribution < -0.4 is 4.90 Å². The van der Waals surface area contributed by atoms with E-state index in [2.05, 4.69) is 0 Å².